The van der Waals surface area contributed by atoms with E-state index in [1.165, 1.54) is 17.9 Å². The molecule has 0 radical (unpaired) electrons. The van der Waals surface area contributed by atoms with Crippen molar-refractivity contribution in [3.8, 4) is 0 Å². The van der Waals surface area contributed by atoms with Crippen molar-refractivity contribution in [1.82, 2.24) is 0 Å². The molecule has 0 aliphatic carbocycles. The summed E-state index contributed by atoms with van der Waals surface area (Å²) in [5.41, 5.74) is 0. The van der Waals surface area contributed by atoms with Crippen molar-refractivity contribution in [1.29, 1.82) is 0 Å². The topological polar surface area (TPSA) is 0 Å². The van der Waals surface area contributed by atoms with Crippen molar-refractivity contribution in [3.05, 3.63) is 0 Å². The van der Waals surface area contributed by atoms with Crippen LogP contribution in [0.3, 0.4) is 0 Å². The van der Waals surface area contributed by atoms with Gasteiger partial charge in [0, 0.05) is 0 Å². The molecule has 0 amide bonds. The van der Waals surface area contributed by atoms with Gasteiger partial charge in [-0.05, 0) is 42.6 Å². The minimum atomic E-state index is -0.129. The quantitative estimate of drug-likeness (QED) is 0.440. The molecule has 60 valence electrons. The molecule has 1 atom stereocenters. The fraction of sp³-hybridized carbons (Fsp3) is 0.875. The first-order chi connectivity index (χ1) is 4.84. The van der Waals surface area contributed by atoms with E-state index in [1.54, 1.807) is 4.86 Å². The van der Waals surface area contributed by atoms with Gasteiger partial charge in [-0.25, -0.2) is 0 Å². The normalized spacial score (nSPS) is 24.6. The SMILES string of the molecule is CC1=S(CCCCF)CC1. The molecule has 0 aromatic heterocycles. The van der Waals surface area contributed by atoms with Crippen molar-refractivity contribution in [2.45, 2.75) is 26.2 Å². The summed E-state index contributed by atoms with van der Waals surface area (Å²) in [6, 6.07) is 0. The van der Waals surface area contributed by atoms with Gasteiger partial charge < -0.3 is 0 Å². The van der Waals surface area contributed by atoms with Gasteiger partial charge in [0.2, 0.25) is 0 Å². The highest BCUT2D eigenvalue weighted by Gasteiger charge is 2.09. The van der Waals surface area contributed by atoms with Crippen LogP contribution in [0.5, 0.6) is 0 Å². The molecule has 0 N–H and O–H groups in total. The van der Waals surface area contributed by atoms with Crippen LogP contribution < -0.4 is 0 Å². The number of hydrogen-bond donors (Lipinski definition) is 0. The van der Waals surface area contributed by atoms with Crippen molar-refractivity contribution in [3.63, 3.8) is 0 Å². The van der Waals surface area contributed by atoms with Gasteiger partial charge in [0.1, 0.15) is 0 Å². The highest BCUT2D eigenvalue weighted by molar-refractivity contribution is 8.17. The summed E-state index contributed by atoms with van der Waals surface area (Å²) in [5.74, 6) is 2.65. The van der Waals surface area contributed by atoms with Crippen LogP contribution in [-0.2, 0) is 0 Å². The standard InChI is InChI=1S/C8H15FS/c1-8-4-7-10(8)6-3-2-5-9/h2-7H2,1H3. The lowest BCUT2D eigenvalue weighted by atomic mass is 10.4. The van der Waals surface area contributed by atoms with Crippen LogP contribution in [0, 0.1) is 0 Å². The summed E-state index contributed by atoms with van der Waals surface area (Å²) >= 11 is 0. The van der Waals surface area contributed by atoms with Crippen LogP contribution in [0.15, 0.2) is 0 Å². The van der Waals surface area contributed by atoms with Crippen molar-refractivity contribution >= 4 is 15.3 Å². The zero-order valence-corrected chi connectivity index (χ0v) is 7.35. The van der Waals surface area contributed by atoms with Crippen molar-refractivity contribution < 1.29 is 4.39 Å². The Bertz CT molecular complexity index is 140. The van der Waals surface area contributed by atoms with Crippen LogP contribution in [-0.4, -0.2) is 23.0 Å². The van der Waals surface area contributed by atoms with Crippen LogP contribution in [0.2, 0.25) is 0 Å². The Balaban J connectivity index is 2.09. The molecule has 1 aliphatic heterocycles. The summed E-state index contributed by atoms with van der Waals surface area (Å²) in [4.78, 5) is 1.67. The van der Waals surface area contributed by atoms with Gasteiger partial charge in [0.05, 0.1) is 6.67 Å². The Labute approximate surface area is 64.7 Å². The Morgan fingerprint density at radius 1 is 1.50 bits per heavy atom. The summed E-state index contributed by atoms with van der Waals surface area (Å²) in [6.07, 6.45) is 3.20. The minimum Gasteiger partial charge on any atom is -0.251 e. The molecule has 0 aromatic rings. The monoisotopic (exact) mass is 162 g/mol. The van der Waals surface area contributed by atoms with E-state index in [9.17, 15) is 4.39 Å². The van der Waals surface area contributed by atoms with Crippen molar-refractivity contribution in [2.24, 2.45) is 0 Å². The van der Waals surface area contributed by atoms with Crippen molar-refractivity contribution in [2.75, 3.05) is 18.2 Å². The third-order valence-electron chi connectivity index (χ3n) is 1.97. The molecule has 0 fully saturated rings. The molecule has 0 nitrogen and oxygen atoms in total. The van der Waals surface area contributed by atoms with Gasteiger partial charge in [-0.3, -0.25) is 4.39 Å². The molecule has 1 unspecified atom stereocenters. The second-order valence-electron chi connectivity index (χ2n) is 2.75. The first-order valence-corrected chi connectivity index (χ1v) is 5.47. The third kappa shape index (κ3) is 2.08. The zero-order valence-electron chi connectivity index (χ0n) is 6.53. The van der Waals surface area contributed by atoms with Crippen LogP contribution in [0.4, 0.5) is 4.39 Å². The van der Waals surface area contributed by atoms with E-state index in [1.807, 2.05) is 0 Å². The first kappa shape index (κ1) is 8.25. The molecule has 1 rings (SSSR count). The largest absolute Gasteiger partial charge is 0.251 e. The molecule has 1 heterocycles. The summed E-state index contributed by atoms with van der Waals surface area (Å²) in [7, 11) is 0.607. The van der Waals surface area contributed by atoms with E-state index in [0.717, 1.165) is 12.8 Å². The average molecular weight is 162 g/mol. The molecule has 0 saturated heterocycles. The summed E-state index contributed by atoms with van der Waals surface area (Å²) in [5, 5.41) is 0. The molecule has 0 spiro atoms. The minimum absolute atomic E-state index is 0.129. The van der Waals surface area contributed by atoms with Gasteiger partial charge in [-0.15, -0.1) is 0 Å². The lowest BCUT2D eigenvalue weighted by Gasteiger charge is -2.22. The lowest BCUT2D eigenvalue weighted by Crippen LogP contribution is -2.10. The van der Waals surface area contributed by atoms with Crippen LogP contribution in [0.25, 0.3) is 0 Å². The molecular weight excluding hydrogens is 147 g/mol. The maximum absolute atomic E-state index is 11.7. The molecular formula is C8H15FS. The average Bonchev–Trinajstić information content (AvgIpc) is 1.95. The predicted molar refractivity (Wildman–Crippen MR) is 47.8 cm³/mol. The Kier molecular flexibility index (Phi) is 3.40. The molecule has 0 saturated carbocycles. The Hall–Kier alpha value is 0.150. The zero-order chi connectivity index (χ0) is 7.40. The van der Waals surface area contributed by atoms with Crippen LogP contribution >= 0.6 is 10.5 Å². The highest BCUT2D eigenvalue weighted by atomic mass is 32.2. The number of rotatable bonds is 4. The van der Waals surface area contributed by atoms with E-state index >= 15 is 0 Å². The molecule has 2 heteroatoms. The fourth-order valence-electron chi connectivity index (χ4n) is 1.10. The van der Waals surface area contributed by atoms with E-state index in [4.69, 9.17) is 0 Å². The van der Waals surface area contributed by atoms with E-state index in [2.05, 4.69) is 6.92 Å². The lowest BCUT2D eigenvalue weighted by molar-refractivity contribution is 0.470. The second kappa shape index (κ2) is 4.12. The number of hydrogen-bond acceptors (Lipinski definition) is 0. The maximum atomic E-state index is 11.7. The summed E-state index contributed by atoms with van der Waals surface area (Å²) in [6.45, 7) is 2.11. The van der Waals surface area contributed by atoms with E-state index in [0.29, 0.717) is 10.5 Å². The Morgan fingerprint density at radius 2 is 2.30 bits per heavy atom. The van der Waals surface area contributed by atoms with Gasteiger partial charge >= 0.3 is 0 Å². The number of alkyl halides is 1. The third-order valence-corrected chi connectivity index (χ3v) is 4.64. The number of unbranched alkanes of at least 4 members (excludes halogenated alkanes) is 1. The summed E-state index contributed by atoms with van der Waals surface area (Å²) < 4.78 is 11.7. The van der Waals surface area contributed by atoms with Gasteiger partial charge in [0.25, 0.3) is 0 Å². The molecule has 0 aromatic carbocycles. The molecule has 1 aliphatic rings. The van der Waals surface area contributed by atoms with E-state index < -0.39 is 0 Å². The van der Waals surface area contributed by atoms with Crippen LogP contribution in [0.1, 0.15) is 26.2 Å². The maximum Gasteiger partial charge on any atom is 0.0894 e. The smallest absolute Gasteiger partial charge is 0.0894 e. The van der Waals surface area contributed by atoms with Gasteiger partial charge in [-0.1, -0.05) is 0 Å². The Morgan fingerprint density at radius 3 is 2.70 bits per heavy atom. The van der Waals surface area contributed by atoms with E-state index in [-0.39, 0.29) is 6.67 Å². The van der Waals surface area contributed by atoms with Gasteiger partial charge in [-0.2, -0.15) is 10.5 Å². The van der Waals surface area contributed by atoms with Gasteiger partial charge in [0.15, 0.2) is 0 Å². The number of halogens is 1. The predicted octanol–water partition coefficient (Wildman–Crippen LogP) is 2.60. The molecule has 10 heavy (non-hydrogen) atoms. The first-order valence-electron chi connectivity index (χ1n) is 3.90. The fourth-order valence-corrected chi connectivity index (χ4v) is 3.10. The second-order valence-corrected chi connectivity index (χ2v) is 5.25. The highest BCUT2D eigenvalue weighted by Crippen LogP contribution is 2.28. The molecule has 0 bridgehead atoms.